The van der Waals surface area contributed by atoms with E-state index in [-0.39, 0.29) is 5.54 Å². The molecule has 1 saturated carbocycles. The Hall–Kier alpha value is -3.95. The van der Waals surface area contributed by atoms with Crippen molar-refractivity contribution in [2.45, 2.75) is 44.2 Å². The van der Waals surface area contributed by atoms with Crippen LogP contribution in [0.3, 0.4) is 0 Å². The summed E-state index contributed by atoms with van der Waals surface area (Å²) in [5.74, 6) is 1.24. The molecular weight excluding hydrogens is 456 g/mol. The number of benzene rings is 2. The largest absolute Gasteiger partial charge is 0.481 e. The van der Waals surface area contributed by atoms with Gasteiger partial charge in [-0.1, -0.05) is 30.3 Å². The number of aliphatic carboxylic acids is 1. The number of nitrogens with two attached hydrogens (primary N) is 3. The summed E-state index contributed by atoms with van der Waals surface area (Å²) in [6.45, 7) is 1.60. The molecule has 9 heteroatoms. The zero-order valence-electron chi connectivity index (χ0n) is 20.3. The monoisotopic (exact) mass is 488 g/mol. The van der Waals surface area contributed by atoms with E-state index in [9.17, 15) is 0 Å². The number of fused-ring (bicyclic) bond motifs is 1. The van der Waals surface area contributed by atoms with E-state index in [0.717, 1.165) is 66.3 Å². The average molecular weight is 489 g/mol. The van der Waals surface area contributed by atoms with Crippen molar-refractivity contribution in [2.24, 2.45) is 11.5 Å². The minimum Gasteiger partial charge on any atom is -0.481 e. The quantitative estimate of drug-likeness (QED) is 0.323. The van der Waals surface area contributed by atoms with Crippen molar-refractivity contribution in [1.29, 1.82) is 0 Å². The molecule has 0 saturated heterocycles. The highest BCUT2D eigenvalue weighted by Crippen LogP contribution is 2.40. The van der Waals surface area contributed by atoms with Crippen molar-refractivity contribution in [2.75, 3.05) is 12.3 Å². The van der Waals surface area contributed by atoms with Crippen LogP contribution in [0.1, 0.15) is 38.6 Å². The first-order valence-corrected chi connectivity index (χ1v) is 11.9. The van der Waals surface area contributed by atoms with Crippen molar-refractivity contribution < 1.29 is 14.6 Å². The van der Waals surface area contributed by atoms with Crippen LogP contribution in [-0.2, 0) is 4.79 Å². The number of carboxylic acid groups (broad SMARTS) is 1. The number of nitrogen functional groups attached to an aromatic ring is 1. The molecule has 0 aliphatic heterocycles. The van der Waals surface area contributed by atoms with Gasteiger partial charge in [0.05, 0.1) is 5.39 Å². The van der Waals surface area contributed by atoms with Gasteiger partial charge >= 0.3 is 0 Å². The summed E-state index contributed by atoms with van der Waals surface area (Å²) in [4.78, 5) is 17.8. The standard InChI is InChI=1S/C25H28N6O.C2H4O2/c26-15-25(28)12-10-18(11-13-25)31-14-21(22-23(27)29-16-30-24(22)31)17-6-8-20(9-7-17)32-19-4-2-1-3-5-19;1-2(3)4/h1-9,14,16,18H,10-13,15,26,28H2,(H2,27,29,30);1H3,(H,3,4). The number of hydrogen-bond donors (Lipinski definition) is 4. The molecule has 4 aromatic rings. The van der Waals surface area contributed by atoms with E-state index in [1.54, 1.807) is 0 Å². The summed E-state index contributed by atoms with van der Waals surface area (Å²) in [5.41, 5.74) is 21.3. The van der Waals surface area contributed by atoms with E-state index in [0.29, 0.717) is 18.4 Å². The fourth-order valence-electron chi connectivity index (χ4n) is 4.59. The predicted molar refractivity (Wildman–Crippen MR) is 141 cm³/mol. The summed E-state index contributed by atoms with van der Waals surface area (Å²) in [6.07, 6.45) is 7.41. The van der Waals surface area contributed by atoms with Crippen LogP contribution in [0.25, 0.3) is 22.2 Å². The van der Waals surface area contributed by atoms with Gasteiger partial charge in [-0.2, -0.15) is 0 Å². The highest BCUT2D eigenvalue weighted by atomic mass is 16.5. The molecule has 2 heterocycles. The minimum absolute atomic E-state index is 0.259. The van der Waals surface area contributed by atoms with Gasteiger partial charge in [-0.05, 0) is 55.5 Å². The molecule has 1 fully saturated rings. The first kappa shape index (κ1) is 25.2. The Bertz CT molecular complexity index is 1310. The average Bonchev–Trinajstić information content (AvgIpc) is 3.26. The van der Waals surface area contributed by atoms with Crippen molar-refractivity contribution in [3.8, 4) is 22.6 Å². The Morgan fingerprint density at radius 2 is 1.69 bits per heavy atom. The van der Waals surface area contributed by atoms with Crippen molar-refractivity contribution in [3.63, 3.8) is 0 Å². The molecule has 0 radical (unpaired) electrons. The molecule has 0 atom stereocenters. The van der Waals surface area contributed by atoms with Gasteiger partial charge in [0.1, 0.15) is 29.3 Å². The number of ether oxygens (including phenoxy) is 1. The molecule has 0 unspecified atom stereocenters. The first-order chi connectivity index (χ1) is 17.3. The summed E-state index contributed by atoms with van der Waals surface area (Å²) in [5, 5.41) is 8.30. The van der Waals surface area contributed by atoms with Crippen LogP contribution in [0.4, 0.5) is 5.82 Å². The van der Waals surface area contributed by atoms with Crippen LogP contribution in [0, 0.1) is 0 Å². The van der Waals surface area contributed by atoms with Gasteiger partial charge in [0, 0.05) is 36.8 Å². The second-order valence-corrected chi connectivity index (χ2v) is 9.16. The molecule has 2 aromatic carbocycles. The Kier molecular flexibility index (Phi) is 7.52. The number of rotatable bonds is 5. The third-order valence-corrected chi connectivity index (χ3v) is 6.53. The lowest BCUT2D eigenvalue weighted by atomic mass is 9.80. The van der Waals surface area contributed by atoms with Gasteiger partial charge in [-0.3, -0.25) is 4.79 Å². The Morgan fingerprint density at radius 3 is 2.31 bits per heavy atom. The molecular formula is C27H32N6O3. The Balaban J connectivity index is 0.000000709. The van der Waals surface area contributed by atoms with Crippen LogP contribution in [0.15, 0.2) is 67.1 Å². The molecule has 36 heavy (non-hydrogen) atoms. The molecule has 0 bridgehead atoms. The molecule has 188 valence electrons. The second-order valence-electron chi connectivity index (χ2n) is 9.16. The van der Waals surface area contributed by atoms with Gasteiger partial charge in [-0.15, -0.1) is 0 Å². The number of carboxylic acids is 1. The lowest BCUT2D eigenvalue weighted by Crippen LogP contribution is -2.49. The van der Waals surface area contributed by atoms with Gasteiger partial charge in [-0.25, -0.2) is 9.97 Å². The number of hydrogen-bond acceptors (Lipinski definition) is 7. The van der Waals surface area contributed by atoms with E-state index >= 15 is 0 Å². The van der Waals surface area contributed by atoms with E-state index in [2.05, 4.69) is 20.7 Å². The molecule has 7 N–H and O–H groups in total. The fourth-order valence-corrected chi connectivity index (χ4v) is 4.59. The highest BCUT2D eigenvalue weighted by Gasteiger charge is 2.32. The zero-order valence-corrected chi connectivity index (χ0v) is 20.3. The van der Waals surface area contributed by atoms with Crippen LogP contribution in [0.2, 0.25) is 0 Å². The topological polar surface area (TPSA) is 155 Å². The van der Waals surface area contributed by atoms with Crippen LogP contribution in [0.5, 0.6) is 11.5 Å². The third-order valence-electron chi connectivity index (χ3n) is 6.53. The number of aromatic nitrogens is 3. The molecule has 1 aliphatic rings. The normalized spacial score (nSPS) is 19.4. The van der Waals surface area contributed by atoms with E-state index in [4.69, 9.17) is 31.8 Å². The van der Waals surface area contributed by atoms with E-state index in [1.807, 2.05) is 54.6 Å². The summed E-state index contributed by atoms with van der Waals surface area (Å²) in [6, 6.07) is 18.1. The number of carbonyl (C=O) groups is 1. The maximum Gasteiger partial charge on any atom is 0.300 e. The molecule has 1 aliphatic carbocycles. The maximum absolute atomic E-state index is 9.00. The van der Waals surface area contributed by atoms with Crippen molar-refractivity contribution in [3.05, 3.63) is 67.1 Å². The summed E-state index contributed by atoms with van der Waals surface area (Å²) < 4.78 is 8.18. The van der Waals surface area contributed by atoms with Gasteiger partial charge in [0.2, 0.25) is 0 Å². The lowest BCUT2D eigenvalue weighted by molar-refractivity contribution is -0.134. The van der Waals surface area contributed by atoms with E-state index in [1.165, 1.54) is 6.33 Å². The Labute approximate surface area is 209 Å². The molecule has 9 nitrogen and oxygen atoms in total. The number of anilines is 1. The van der Waals surface area contributed by atoms with Gasteiger partial charge < -0.3 is 31.6 Å². The lowest BCUT2D eigenvalue weighted by Gasteiger charge is -2.36. The number of nitrogens with zero attached hydrogens (tertiary/aromatic N) is 3. The second kappa shape index (κ2) is 10.8. The van der Waals surface area contributed by atoms with Gasteiger partial charge in [0.25, 0.3) is 5.97 Å². The molecule has 5 rings (SSSR count). The Morgan fingerprint density at radius 1 is 1.08 bits per heavy atom. The summed E-state index contributed by atoms with van der Waals surface area (Å²) >= 11 is 0. The first-order valence-electron chi connectivity index (χ1n) is 11.9. The van der Waals surface area contributed by atoms with E-state index < -0.39 is 5.97 Å². The van der Waals surface area contributed by atoms with Crippen LogP contribution in [-0.4, -0.2) is 37.7 Å². The smallest absolute Gasteiger partial charge is 0.300 e. The van der Waals surface area contributed by atoms with Crippen molar-refractivity contribution >= 4 is 22.8 Å². The minimum atomic E-state index is -0.833. The molecule has 2 aromatic heterocycles. The van der Waals surface area contributed by atoms with Crippen molar-refractivity contribution in [1.82, 2.24) is 14.5 Å². The molecule has 0 spiro atoms. The molecule has 0 amide bonds. The maximum atomic E-state index is 9.00. The van der Waals surface area contributed by atoms with Crippen LogP contribution < -0.4 is 21.9 Å². The van der Waals surface area contributed by atoms with Gasteiger partial charge in [0.15, 0.2) is 0 Å². The highest BCUT2D eigenvalue weighted by molar-refractivity contribution is 6.00. The third kappa shape index (κ3) is 5.64. The van der Waals surface area contributed by atoms with Crippen LogP contribution >= 0.6 is 0 Å². The SMILES string of the molecule is CC(=O)O.NCC1(N)CCC(n2cc(-c3ccc(Oc4ccccc4)cc3)c3c(N)ncnc32)CC1. The predicted octanol–water partition coefficient (Wildman–Crippen LogP) is 4.34. The zero-order chi connectivity index (χ0) is 25.7. The summed E-state index contributed by atoms with van der Waals surface area (Å²) in [7, 11) is 0. The fraction of sp³-hybridized carbons (Fsp3) is 0.296. The number of para-hydroxylation sites is 1.